The van der Waals surface area contributed by atoms with Gasteiger partial charge in [0, 0.05) is 6.54 Å². The third-order valence-electron chi connectivity index (χ3n) is 4.80. The number of halogens is 2. The number of benzene rings is 2. The van der Waals surface area contributed by atoms with E-state index in [2.05, 4.69) is 10.2 Å². The molecule has 0 aromatic heterocycles. The van der Waals surface area contributed by atoms with Gasteiger partial charge in [-0.25, -0.2) is 4.39 Å². The molecular formula is C21H24ClFN2O2. The maximum atomic E-state index is 14.0. The second-order valence-electron chi connectivity index (χ2n) is 6.57. The van der Waals surface area contributed by atoms with E-state index in [1.54, 1.807) is 0 Å². The van der Waals surface area contributed by atoms with Gasteiger partial charge in [-0.2, -0.15) is 0 Å². The third-order valence-corrected chi connectivity index (χ3v) is 5.12. The Balaban J connectivity index is 1.75. The number of carbonyl (C=O) groups is 1. The third kappa shape index (κ3) is 4.79. The van der Waals surface area contributed by atoms with Crippen molar-refractivity contribution >= 4 is 17.5 Å². The molecule has 1 unspecified atom stereocenters. The van der Waals surface area contributed by atoms with E-state index in [9.17, 15) is 9.18 Å². The summed E-state index contributed by atoms with van der Waals surface area (Å²) in [6, 6.07) is 12.2. The smallest absolute Gasteiger partial charge is 0.255 e. The molecule has 144 valence electrons. The minimum absolute atomic E-state index is 0.0256. The van der Waals surface area contributed by atoms with Gasteiger partial charge in [-0.05, 0) is 62.7 Å². The van der Waals surface area contributed by atoms with Crippen molar-refractivity contribution in [3.8, 4) is 5.75 Å². The van der Waals surface area contributed by atoms with Gasteiger partial charge >= 0.3 is 0 Å². The van der Waals surface area contributed by atoms with Crippen LogP contribution in [-0.2, 0) is 0 Å². The molecule has 27 heavy (non-hydrogen) atoms. The van der Waals surface area contributed by atoms with Gasteiger partial charge in [0.05, 0.1) is 23.2 Å². The van der Waals surface area contributed by atoms with Crippen molar-refractivity contribution in [2.75, 3.05) is 26.2 Å². The second-order valence-corrected chi connectivity index (χ2v) is 6.97. The number of hydrogen-bond donors (Lipinski definition) is 1. The highest BCUT2D eigenvalue weighted by molar-refractivity contribution is 6.33. The van der Waals surface area contributed by atoms with Crippen LogP contribution in [0, 0.1) is 5.82 Å². The van der Waals surface area contributed by atoms with Gasteiger partial charge in [-0.3, -0.25) is 9.69 Å². The molecule has 1 saturated heterocycles. The van der Waals surface area contributed by atoms with E-state index in [1.807, 2.05) is 31.2 Å². The van der Waals surface area contributed by atoms with Crippen LogP contribution in [0.3, 0.4) is 0 Å². The van der Waals surface area contributed by atoms with E-state index < -0.39 is 11.7 Å². The molecule has 1 fully saturated rings. The minimum Gasteiger partial charge on any atom is -0.494 e. The molecule has 6 heteroatoms. The molecule has 2 aromatic rings. The fraction of sp³-hybridized carbons (Fsp3) is 0.381. The molecule has 1 N–H and O–H groups in total. The first-order valence-corrected chi connectivity index (χ1v) is 9.67. The summed E-state index contributed by atoms with van der Waals surface area (Å²) in [6.07, 6.45) is 2.28. The molecule has 0 saturated carbocycles. The summed E-state index contributed by atoms with van der Waals surface area (Å²) < 4.78 is 19.5. The predicted octanol–water partition coefficient (Wildman–Crippen LogP) is 4.44. The Hall–Kier alpha value is -2.11. The largest absolute Gasteiger partial charge is 0.494 e. The molecule has 1 aliphatic heterocycles. The van der Waals surface area contributed by atoms with Crippen LogP contribution >= 0.6 is 11.6 Å². The highest BCUT2D eigenvalue weighted by atomic mass is 35.5. The summed E-state index contributed by atoms with van der Waals surface area (Å²) in [5, 5.41) is 2.98. The Morgan fingerprint density at radius 3 is 2.56 bits per heavy atom. The van der Waals surface area contributed by atoms with Crippen LogP contribution in [0.4, 0.5) is 4.39 Å². The zero-order chi connectivity index (χ0) is 19.2. The fourth-order valence-electron chi connectivity index (χ4n) is 3.46. The predicted molar refractivity (Wildman–Crippen MR) is 105 cm³/mol. The SMILES string of the molecule is CCOc1ccc(C(CNC(=O)c2c(F)cccc2Cl)N2CCCC2)cc1. The summed E-state index contributed by atoms with van der Waals surface area (Å²) in [5.74, 6) is -0.282. The summed E-state index contributed by atoms with van der Waals surface area (Å²) in [4.78, 5) is 14.8. The van der Waals surface area contributed by atoms with Crippen LogP contribution in [0.5, 0.6) is 5.75 Å². The van der Waals surface area contributed by atoms with E-state index in [1.165, 1.54) is 18.2 Å². The number of likely N-dealkylation sites (tertiary alicyclic amines) is 1. The molecule has 0 bridgehead atoms. The number of ether oxygens (including phenoxy) is 1. The average molecular weight is 391 g/mol. The molecule has 0 radical (unpaired) electrons. The van der Waals surface area contributed by atoms with Gasteiger partial charge in [0.15, 0.2) is 0 Å². The standard InChI is InChI=1S/C21H24ClFN2O2/c1-2-27-16-10-8-15(9-11-16)19(25-12-3-4-13-25)14-24-21(26)20-17(22)6-5-7-18(20)23/h5-11,19H,2-4,12-14H2,1H3,(H,24,26). The first-order valence-electron chi connectivity index (χ1n) is 9.29. The van der Waals surface area contributed by atoms with Gasteiger partial charge in [0.25, 0.3) is 5.91 Å². The van der Waals surface area contributed by atoms with Crippen LogP contribution in [-0.4, -0.2) is 37.0 Å². The highest BCUT2D eigenvalue weighted by Crippen LogP contribution is 2.27. The Morgan fingerprint density at radius 1 is 1.22 bits per heavy atom. The van der Waals surface area contributed by atoms with Crippen molar-refractivity contribution in [1.29, 1.82) is 0 Å². The van der Waals surface area contributed by atoms with Crippen LogP contribution in [0.2, 0.25) is 5.02 Å². The number of nitrogens with zero attached hydrogens (tertiary/aromatic N) is 1. The molecule has 4 nitrogen and oxygen atoms in total. The molecule has 1 aliphatic rings. The van der Waals surface area contributed by atoms with Gasteiger partial charge < -0.3 is 10.1 Å². The first kappa shape index (κ1) is 19.6. The number of carbonyl (C=O) groups excluding carboxylic acids is 1. The zero-order valence-corrected chi connectivity index (χ0v) is 16.1. The average Bonchev–Trinajstić information content (AvgIpc) is 3.18. The van der Waals surface area contributed by atoms with Crippen LogP contribution in [0.1, 0.15) is 41.7 Å². The number of rotatable bonds is 7. The number of hydrogen-bond acceptors (Lipinski definition) is 3. The van der Waals surface area contributed by atoms with Crippen LogP contribution in [0.25, 0.3) is 0 Å². The lowest BCUT2D eigenvalue weighted by molar-refractivity contribution is 0.0934. The van der Waals surface area contributed by atoms with Gasteiger partial charge in [-0.1, -0.05) is 29.8 Å². The van der Waals surface area contributed by atoms with E-state index in [0.29, 0.717) is 13.2 Å². The Labute approximate surface area is 164 Å². The zero-order valence-electron chi connectivity index (χ0n) is 15.4. The second kappa shape index (κ2) is 9.20. The highest BCUT2D eigenvalue weighted by Gasteiger charge is 2.25. The normalized spacial score (nSPS) is 15.5. The first-order chi connectivity index (χ1) is 13.1. The van der Waals surface area contributed by atoms with E-state index >= 15 is 0 Å². The van der Waals surface area contributed by atoms with Crippen molar-refractivity contribution in [2.45, 2.75) is 25.8 Å². The van der Waals surface area contributed by atoms with Gasteiger partial charge in [0.1, 0.15) is 11.6 Å². The van der Waals surface area contributed by atoms with Crippen molar-refractivity contribution in [3.05, 3.63) is 64.4 Å². The molecule has 1 heterocycles. The van der Waals surface area contributed by atoms with Crippen molar-refractivity contribution < 1.29 is 13.9 Å². The maximum absolute atomic E-state index is 14.0. The Kier molecular flexibility index (Phi) is 6.69. The van der Waals surface area contributed by atoms with Crippen molar-refractivity contribution in [1.82, 2.24) is 10.2 Å². The summed E-state index contributed by atoms with van der Waals surface area (Å²) in [7, 11) is 0. The van der Waals surface area contributed by atoms with Crippen LogP contribution in [0.15, 0.2) is 42.5 Å². The molecule has 3 rings (SSSR count). The summed E-state index contributed by atoms with van der Waals surface area (Å²) in [5.41, 5.74) is 0.992. The molecule has 2 aromatic carbocycles. The van der Waals surface area contributed by atoms with Crippen LogP contribution < -0.4 is 10.1 Å². The minimum atomic E-state index is -0.612. The van der Waals surface area contributed by atoms with E-state index in [-0.39, 0.29) is 16.6 Å². The Bertz CT molecular complexity index is 756. The lowest BCUT2D eigenvalue weighted by atomic mass is 10.0. The molecule has 0 aliphatic carbocycles. The number of nitrogens with one attached hydrogen (secondary N) is 1. The lowest BCUT2D eigenvalue weighted by Gasteiger charge is -2.28. The van der Waals surface area contributed by atoms with Crippen molar-refractivity contribution in [3.63, 3.8) is 0 Å². The Morgan fingerprint density at radius 2 is 1.93 bits per heavy atom. The fourth-order valence-corrected chi connectivity index (χ4v) is 3.71. The van der Waals surface area contributed by atoms with Gasteiger partial charge in [-0.15, -0.1) is 0 Å². The molecular weight excluding hydrogens is 367 g/mol. The monoisotopic (exact) mass is 390 g/mol. The topological polar surface area (TPSA) is 41.6 Å². The van der Waals surface area contributed by atoms with E-state index in [4.69, 9.17) is 16.3 Å². The summed E-state index contributed by atoms with van der Waals surface area (Å²) >= 11 is 6.01. The van der Waals surface area contributed by atoms with E-state index in [0.717, 1.165) is 37.2 Å². The maximum Gasteiger partial charge on any atom is 0.255 e. The quantitative estimate of drug-likeness (QED) is 0.759. The number of amides is 1. The van der Waals surface area contributed by atoms with Gasteiger partial charge in [0.2, 0.25) is 0 Å². The molecule has 0 spiro atoms. The summed E-state index contributed by atoms with van der Waals surface area (Å²) in [6.45, 7) is 4.92. The van der Waals surface area contributed by atoms with Crippen molar-refractivity contribution in [2.24, 2.45) is 0 Å². The lowest BCUT2D eigenvalue weighted by Crippen LogP contribution is -2.37. The molecule has 1 atom stereocenters. The molecule has 1 amide bonds.